The highest BCUT2D eigenvalue weighted by Gasteiger charge is 2.07. The Morgan fingerprint density at radius 2 is 1.62 bits per heavy atom. The largest absolute Gasteiger partial charge is 0.497 e. The lowest BCUT2D eigenvalue weighted by Gasteiger charge is -2.13. The van der Waals surface area contributed by atoms with Crippen LogP contribution < -0.4 is 15.2 Å². The van der Waals surface area contributed by atoms with Crippen LogP contribution in [0.15, 0.2) is 53.4 Å². The van der Waals surface area contributed by atoms with Crippen molar-refractivity contribution in [2.24, 2.45) is 5.73 Å². The summed E-state index contributed by atoms with van der Waals surface area (Å²) >= 11 is 1.75. The van der Waals surface area contributed by atoms with Gasteiger partial charge in [0, 0.05) is 16.7 Å². The van der Waals surface area contributed by atoms with Gasteiger partial charge in [0.2, 0.25) is 0 Å². The van der Waals surface area contributed by atoms with Gasteiger partial charge in [0.1, 0.15) is 11.5 Å². The van der Waals surface area contributed by atoms with Gasteiger partial charge in [-0.1, -0.05) is 12.1 Å². The lowest BCUT2D eigenvalue weighted by Crippen LogP contribution is -2.12. The fourth-order valence-electron chi connectivity index (χ4n) is 1.93. The fourth-order valence-corrected chi connectivity index (χ4v) is 2.83. The van der Waals surface area contributed by atoms with E-state index in [0.29, 0.717) is 6.61 Å². The number of thioether (sulfide) groups is 1. The average molecular weight is 303 g/mol. The van der Waals surface area contributed by atoms with E-state index in [1.165, 1.54) is 4.90 Å². The highest BCUT2D eigenvalue weighted by molar-refractivity contribution is 7.99. The standard InChI is InChI=1S/C17H21NO2S/c1-3-20-15-6-4-13(5-7-15)17(18)12-21-16-10-8-14(19-2)9-11-16/h4-11,17H,3,12,18H2,1-2H3. The van der Waals surface area contributed by atoms with E-state index in [1.807, 2.05) is 43.3 Å². The van der Waals surface area contributed by atoms with Crippen LogP contribution in [0.4, 0.5) is 0 Å². The summed E-state index contributed by atoms with van der Waals surface area (Å²) in [6, 6.07) is 16.0. The summed E-state index contributed by atoms with van der Waals surface area (Å²) in [6.45, 7) is 2.66. The molecule has 2 aromatic carbocycles. The van der Waals surface area contributed by atoms with E-state index in [0.717, 1.165) is 22.8 Å². The van der Waals surface area contributed by atoms with Crippen molar-refractivity contribution in [3.63, 3.8) is 0 Å². The second-order valence-electron chi connectivity index (χ2n) is 4.60. The van der Waals surface area contributed by atoms with E-state index >= 15 is 0 Å². The van der Waals surface area contributed by atoms with Crippen molar-refractivity contribution < 1.29 is 9.47 Å². The summed E-state index contributed by atoms with van der Waals surface area (Å²) in [4.78, 5) is 1.19. The number of benzene rings is 2. The number of hydrogen-bond donors (Lipinski definition) is 1. The van der Waals surface area contributed by atoms with Crippen LogP contribution in [0.5, 0.6) is 11.5 Å². The van der Waals surface area contributed by atoms with Gasteiger partial charge in [-0.05, 0) is 48.9 Å². The third-order valence-electron chi connectivity index (χ3n) is 3.11. The molecule has 3 nitrogen and oxygen atoms in total. The molecule has 0 aliphatic carbocycles. The summed E-state index contributed by atoms with van der Waals surface area (Å²) in [7, 11) is 1.67. The zero-order valence-electron chi connectivity index (χ0n) is 12.4. The van der Waals surface area contributed by atoms with Crippen LogP contribution in [0, 0.1) is 0 Å². The second kappa shape index (κ2) is 7.96. The first-order chi connectivity index (χ1) is 10.2. The molecule has 0 fully saturated rings. The molecule has 0 heterocycles. The molecule has 0 saturated carbocycles. The van der Waals surface area contributed by atoms with Crippen LogP contribution in [-0.4, -0.2) is 19.5 Å². The lowest BCUT2D eigenvalue weighted by molar-refractivity contribution is 0.340. The molecule has 4 heteroatoms. The molecule has 0 amide bonds. The van der Waals surface area contributed by atoms with Gasteiger partial charge in [0.05, 0.1) is 13.7 Å². The maximum Gasteiger partial charge on any atom is 0.119 e. The molecule has 0 bridgehead atoms. The number of nitrogens with two attached hydrogens (primary N) is 1. The topological polar surface area (TPSA) is 44.5 Å². The Hall–Kier alpha value is -1.65. The van der Waals surface area contributed by atoms with Crippen molar-refractivity contribution in [2.75, 3.05) is 19.5 Å². The molecule has 0 saturated heterocycles. The summed E-state index contributed by atoms with van der Waals surface area (Å²) in [5.41, 5.74) is 7.36. The first kappa shape index (κ1) is 15.7. The normalized spacial score (nSPS) is 12.0. The highest BCUT2D eigenvalue weighted by Crippen LogP contribution is 2.26. The molecule has 0 aromatic heterocycles. The van der Waals surface area contributed by atoms with Crippen molar-refractivity contribution in [3.05, 3.63) is 54.1 Å². The smallest absolute Gasteiger partial charge is 0.119 e. The monoisotopic (exact) mass is 303 g/mol. The van der Waals surface area contributed by atoms with Crippen molar-refractivity contribution >= 4 is 11.8 Å². The lowest BCUT2D eigenvalue weighted by atomic mass is 10.1. The minimum absolute atomic E-state index is 0.00720. The zero-order valence-corrected chi connectivity index (χ0v) is 13.2. The van der Waals surface area contributed by atoms with E-state index in [4.69, 9.17) is 15.2 Å². The van der Waals surface area contributed by atoms with Crippen molar-refractivity contribution in [3.8, 4) is 11.5 Å². The fraction of sp³-hybridized carbons (Fsp3) is 0.294. The summed E-state index contributed by atoms with van der Waals surface area (Å²) in [6.07, 6.45) is 0. The van der Waals surface area contributed by atoms with E-state index in [1.54, 1.807) is 18.9 Å². The van der Waals surface area contributed by atoms with Gasteiger partial charge in [0.25, 0.3) is 0 Å². The number of hydrogen-bond acceptors (Lipinski definition) is 4. The van der Waals surface area contributed by atoms with E-state index in [-0.39, 0.29) is 6.04 Å². The maximum atomic E-state index is 6.24. The second-order valence-corrected chi connectivity index (χ2v) is 5.69. The molecule has 21 heavy (non-hydrogen) atoms. The Balaban J connectivity index is 1.89. The third kappa shape index (κ3) is 4.69. The van der Waals surface area contributed by atoms with Crippen LogP contribution in [0.1, 0.15) is 18.5 Å². The predicted molar refractivity (Wildman–Crippen MR) is 88.3 cm³/mol. The first-order valence-corrected chi connectivity index (χ1v) is 7.96. The summed E-state index contributed by atoms with van der Waals surface area (Å²) < 4.78 is 10.6. The van der Waals surface area contributed by atoms with Gasteiger partial charge < -0.3 is 15.2 Å². The minimum Gasteiger partial charge on any atom is -0.497 e. The number of ether oxygens (including phenoxy) is 2. The predicted octanol–water partition coefficient (Wildman–Crippen LogP) is 3.89. The van der Waals surface area contributed by atoms with Gasteiger partial charge in [0.15, 0.2) is 0 Å². The van der Waals surface area contributed by atoms with Gasteiger partial charge in [-0.15, -0.1) is 11.8 Å². The van der Waals surface area contributed by atoms with Crippen LogP contribution >= 0.6 is 11.8 Å². The molecule has 112 valence electrons. The third-order valence-corrected chi connectivity index (χ3v) is 4.24. The number of methoxy groups -OCH3 is 1. The Morgan fingerprint density at radius 3 is 2.19 bits per heavy atom. The van der Waals surface area contributed by atoms with Crippen LogP contribution in [-0.2, 0) is 0 Å². The van der Waals surface area contributed by atoms with Gasteiger partial charge in [-0.3, -0.25) is 0 Å². The molecular weight excluding hydrogens is 282 g/mol. The summed E-state index contributed by atoms with van der Waals surface area (Å²) in [5.74, 6) is 2.59. The van der Waals surface area contributed by atoms with Crippen LogP contribution in [0.3, 0.4) is 0 Å². The van der Waals surface area contributed by atoms with E-state index < -0.39 is 0 Å². The van der Waals surface area contributed by atoms with Crippen molar-refractivity contribution in [1.29, 1.82) is 0 Å². The minimum atomic E-state index is 0.00720. The number of rotatable bonds is 7. The average Bonchev–Trinajstić information content (AvgIpc) is 2.54. The Morgan fingerprint density at radius 1 is 1.00 bits per heavy atom. The van der Waals surface area contributed by atoms with Crippen LogP contribution in [0.25, 0.3) is 0 Å². The molecule has 2 N–H and O–H groups in total. The summed E-state index contributed by atoms with van der Waals surface area (Å²) in [5, 5.41) is 0. The molecular formula is C17H21NO2S. The molecule has 0 aliphatic rings. The molecule has 0 spiro atoms. The van der Waals surface area contributed by atoms with Crippen molar-refractivity contribution in [1.82, 2.24) is 0 Å². The van der Waals surface area contributed by atoms with Crippen LogP contribution in [0.2, 0.25) is 0 Å². The van der Waals surface area contributed by atoms with Gasteiger partial charge in [-0.2, -0.15) is 0 Å². The quantitative estimate of drug-likeness (QED) is 0.788. The van der Waals surface area contributed by atoms with Gasteiger partial charge in [-0.25, -0.2) is 0 Å². The highest BCUT2D eigenvalue weighted by atomic mass is 32.2. The molecule has 1 atom stereocenters. The van der Waals surface area contributed by atoms with Crippen molar-refractivity contribution in [2.45, 2.75) is 17.9 Å². The molecule has 0 radical (unpaired) electrons. The van der Waals surface area contributed by atoms with Gasteiger partial charge >= 0.3 is 0 Å². The Labute approximate surface area is 130 Å². The van der Waals surface area contributed by atoms with E-state index in [9.17, 15) is 0 Å². The molecule has 0 aliphatic heterocycles. The van der Waals surface area contributed by atoms with E-state index in [2.05, 4.69) is 12.1 Å². The Bertz CT molecular complexity index is 540. The maximum absolute atomic E-state index is 6.24. The molecule has 1 unspecified atom stereocenters. The first-order valence-electron chi connectivity index (χ1n) is 6.98. The molecule has 2 rings (SSSR count). The molecule has 2 aromatic rings. The zero-order chi connectivity index (χ0) is 15.1. The Kier molecular flexibility index (Phi) is 5.96. The SMILES string of the molecule is CCOc1ccc(C(N)CSc2ccc(OC)cc2)cc1.